The van der Waals surface area contributed by atoms with E-state index < -0.39 is 0 Å². The van der Waals surface area contributed by atoms with Gasteiger partial charge >= 0.3 is 0 Å². The molecular weight excluding hydrogens is 360 g/mol. The van der Waals surface area contributed by atoms with Gasteiger partial charge in [0.05, 0.1) is 5.75 Å². The largest absolute Gasteiger partial charge is 0.356 e. The number of ketones is 1. The molecule has 0 atom stereocenters. The molecule has 2 aromatic rings. The fourth-order valence-electron chi connectivity index (χ4n) is 2.29. The SMILES string of the molecule is CCn1c(CCCNC(C)=O)nnc1SCC(=O)c1ccc(Cl)cc1. The van der Waals surface area contributed by atoms with E-state index in [4.69, 9.17) is 11.6 Å². The maximum Gasteiger partial charge on any atom is 0.216 e. The second kappa shape index (κ2) is 9.58. The highest BCUT2D eigenvalue weighted by atomic mass is 35.5. The molecular formula is C17H21ClN4O2S. The van der Waals surface area contributed by atoms with Gasteiger partial charge in [-0.3, -0.25) is 9.59 Å². The first-order valence-electron chi connectivity index (χ1n) is 8.09. The quantitative estimate of drug-likeness (QED) is 0.411. The lowest BCUT2D eigenvalue weighted by atomic mass is 10.1. The molecule has 1 N–H and O–H groups in total. The highest BCUT2D eigenvalue weighted by Crippen LogP contribution is 2.20. The Hall–Kier alpha value is -1.86. The number of hydrogen-bond donors (Lipinski definition) is 1. The van der Waals surface area contributed by atoms with Crippen LogP contribution >= 0.6 is 23.4 Å². The van der Waals surface area contributed by atoms with Crippen molar-refractivity contribution in [2.45, 2.75) is 38.4 Å². The third-order valence-corrected chi connectivity index (χ3v) is 4.78. The Kier molecular flexibility index (Phi) is 7.46. The van der Waals surface area contributed by atoms with E-state index in [2.05, 4.69) is 15.5 Å². The molecule has 0 fully saturated rings. The molecule has 0 aliphatic heterocycles. The van der Waals surface area contributed by atoms with Crippen LogP contribution in [0, 0.1) is 0 Å². The van der Waals surface area contributed by atoms with Gasteiger partial charge in [-0.05, 0) is 37.6 Å². The predicted octanol–water partition coefficient (Wildman–Crippen LogP) is 3.00. The average molecular weight is 381 g/mol. The van der Waals surface area contributed by atoms with Gasteiger partial charge in [-0.1, -0.05) is 23.4 Å². The Bertz CT molecular complexity index is 731. The van der Waals surface area contributed by atoms with Gasteiger partial charge in [0.1, 0.15) is 5.82 Å². The molecule has 0 bridgehead atoms. The summed E-state index contributed by atoms with van der Waals surface area (Å²) in [5, 5.41) is 12.5. The fourth-order valence-corrected chi connectivity index (χ4v) is 3.33. The van der Waals surface area contributed by atoms with Crippen LogP contribution in [0.15, 0.2) is 29.4 Å². The van der Waals surface area contributed by atoms with Crippen LogP contribution in [0.2, 0.25) is 5.02 Å². The maximum absolute atomic E-state index is 12.2. The first kappa shape index (κ1) is 19.5. The molecule has 6 nitrogen and oxygen atoms in total. The highest BCUT2D eigenvalue weighted by Gasteiger charge is 2.14. The summed E-state index contributed by atoms with van der Waals surface area (Å²) in [5.74, 6) is 1.16. The average Bonchev–Trinajstić information content (AvgIpc) is 2.99. The minimum Gasteiger partial charge on any atom is -0.356 e. The van der Waals surface area contributed by atoms with Crippen LogP contribution < -0.4 is 5.32 Å². The Morgan fingerprint density at radius 3 is 2.60 bits per heavy atom. The van der Waals surface area contributed by atoms with Crippen molar-refractivity contribution in [2.75, 3.05) is 12.3 Å². The fraction of sp³-hybridized carbons (Fsp3) is 0.412. The van der Waals surface area contributed by atoms with Crippen LogP contribution in [0.4, 0.5) is 0 Å². The second-order valence-electron chi connectivity index (χ2n) is 5.45. The summed E-state index contributed by atoms with van der Waals surface area (Å²) in [4.78, 5) is 23.1. The molecule has 1 aromatic heterocycles. The van der Waals surface area contributed by atoms with Crippen LogP contribution in [-0.2, 0) is 17.8 Å². The number of hydrogen-bond acceptors (Lipinski definition) is 5. The Labute approximate surface area is 156 Å². The Balaban J connectivity index is 1.92. The molecule has 0 aliphatic rings. The van der Waals surface area contributed by atoms with Crippen molar-refractivity contribution >= 4 is 35.1 Å². The summed E-state index contributed by atoms with van der Waals surface area (Å²) >= 11 is 7.22. The third-order valence-electron chi connectivity index (χ3n) is 3.56. The number of aromatic nitrogens is 3. The molecule has 25 heavy (non-hydrogen) atoms. The molecule has 0 aliphatic carbocycles. The summed E-state index contributed by atoms with van der Waals surface area (Å²) in [6.45, 7) is 4.87. The molecule has 1 aromatic carbocycles. The third kappa shape index (κ3) is 5.86. The van der Waals surface area contributed by atoms with Crippen molar-refractivity contribution in [3.63, 3.8) is 0 Å². The van der Waals surface area contributed by atoms with E-state index in [0.717, 1.165) is 30.4 Å². The normalized spacial score (nSPS) is 10.7. The number of halogens is 1. The van der Waals surface area contributed by atoms with Gasteiger partial charge < -0.3 is 9.88 Å². The first-order valence-corrected chi connectivity index (χ1v) is 9.45. The summed E-state index contributed by atoms with van der Waals surface area (Å²) in [5.41, 5.74) is 0.634. The summed E-state index contributed by atoms with van der Waals surface area (Å²) in [7, 11) is 0. The van der Waals surface area contributed by atoms with Crippen LogP contribution in [0.1, 0.15) is 36.5 Å². The zero-order valence-corrected chi connectivity index (χ0v) is 15.9. The molecule has 0 saturated carbocycles. The van der Waals surface area contributed by atoms with E-state index in [1.54, 1.807) is 24.3 Å². The second-order valence-corrected chi connectivity index (χ2v) is 6.83. The van der Waals surface area contributed by atoms with Crippen LogP contribution in [-0.4, -0.2) is 38.8 Å². The van der Waals surface area contributed by atoms with Crippen molar-refractivity contribution in [1.82, 2.24) is 20.1 Å². The molecule has 1 amide bonds. The zero-order chi connectivity index (χ0) is 18.2. The number of benzene rings is 1. The molecule has 0 spiro atoms. The van der Waals surface area contributed by atoms with Gasteiger partial charge in [0.2, 0.25) is 5.91 Å². The predicted molar refractivity (Wildman–Crippen MR) is 99.2 cm³/mol. The molecule has 0 saturated heterocycles. The zero-order valence-electron chi connectivity index (χ0n) is 14.3. The lowest BCUT2D eigenvalue weighted by molar-refractivity contribution is -0.118. The van der Waals surface area contributed by atoms with Crippen molar-refractivity contribution in [1.29, 1.82) is 0 Å². The van der Waals surface area contributed by atoms with E-state index >= 15 is 0 Å². The number of aryl methyl sites for hydroxylation is 1. The van der Waals surface area contributed by atoms with E-state index in [1.807, 2.05) is 11.5 Å². The van der Waals surface area contributed by atoms with E-state index in [-0.39, 0.29) is 11.7 Å². The van der Waals surface area contributed by atoms with Gasteiger partial charge in [-0.2, -0.15) is 0 Å². The number of nitrogens with one attached hydrogen (secondary N) is 1. The Morgan fingerprint density at radius 1 is 1.24 bits per heavy atom. The summed E-state index contributed by atoms with van der Waals surface area (Å²) in [6, 6.07) is 6.87. The van der Waals surface area contributed by atoms with Crippen molar-refractivity contribution in [3.05, 3.63) is 40.7 Å². The molecule has 134 valence electrons. The van der Waals surface area contributed by atoms with Gasteiger partial charge in [-0.15, -0.1) is 10.2 Å². The van der Waals surface area contributed by atoms with Crippen LogP contribution in [0.5, 0.6) is 0 Å². The van der Waals surface area contributed by atoms with Gasteiger partial charge in [0.25, 0.3) is 0 Å². The van der Waals surface area contributed by atoms with Gasteiger partial charge in [-0.25, -0.2) is 0 Å². The molecule has 1 heterocycles. The number of rotatable bonds is 9. The topological polar surface area (TPSA) is 76.9 Å². The van der Waals surface area contributed by atoms with Gasteiger partial charge in [0.15, 0.2) is 10.9 Å². The summed E-state index contributed by atoms with van der Waals surface area (Å²) in [6.07, 6.45) is 1.53. The van der Waals surface area contributed by atoms with E-state index in [0.29, 0.717) is 22.9 Å². The standard InChI is InChI=1S/C17H21ClN4O2S/c1-3-22-16(5-4-10-19-12(2)23)20-21-17(22)25-11-15(24)13-6-8-14(18)9-7-13/h6-9H,3-5,10-11H2,1-2H3,(H,19,23). The molecule has 0 unspecified atom stereocenters. The molecule has 0 radical (unpaired) electrons. The van der Waals surface area contributed by atoms with Crippen molar-refractivity contribution in [2.24, 2.45) is 0 Å². The monoisotopic (exact) mass is 380 g/mol. The number of carbonyl (C=O) groups is 2. The number of nitrogens with zero attached hydrogens (tertiary/aromatic N) is 3. The number of thioether (sulfide) groups is 1. The van der Waals surface area contributed by atoms with Crippen molar-refractivity contribution in [3.8, 4) is 0 Å². The minimum atomic E-state index is -0.0334. The lowest BCUT2D eigenvalue weighted by Crippen LogP contribution is -2.21. The first-order chi connectivity index (χ1) is 12.0. The van der Waals surface area contributed by atoms with Crippen LogP contribution in [0.25, 0.3) is 0 Å². The van der Waals surface area contributed by atoms with E-state index in [9.17, 15) is 9.59 Å². The van der Waals surface area contributed by atoms with Crippen LogP contribution in [0.3, 0.4) is 0 Å². The lowest BCUT2D eigenvalue weighted by Gasteiger charge is -2.07. The van der Waals surface area contributed by atoms with Crippen molar-refractivity contribution < 1.29 is 9.59 Å². The number of Topliss-reactive ketones (excluding diaryl/α,β-unsaturated/α-hetero) is 1. The number of carbonyl (C=O) groups excluding carboxylic acids is 2. The van der Waals surface area contributed by atoms with Gasteiger partial charge in [0, 0.05) is 37.0 Å². The minimum absolute atomic E-state index is 0.0273. The number of amides is 1. The highest BCUT2D eigenvalue weighted by molar-refractivity contribution is 7.99. The smallest absolute Gasteiger partial charge is 0.216 e. The van der Waals surface area contributed by atoms with E-state index in [1.165, 1.54) is 18.7 Å². The summed E-state index contributed by atoms with van der Waals surface area (Å²) < 4.78 is 2.01. The maximum atomic E-state index is 12.2. The molecule has 8 heteroatoms. The molecule has 2 rings (SSSR count). The Morgan fingerprint density at radius 2 is 1.96 bits per heavy atom.